The summed E-state index contributed by atoms with van der Waals surface area (Å²) in [6, 6.07) is 18.4. The van der Waals surface area contributed by atoms with Gasteiger partial charge < -0.3 is 19.5 Å². The van der Waals surface area contributed by atoms with Gasteiger partial charge in [-0.1, -0.05) is 24.3 Å². The highest BCUT2D eigenvalue weighted by atomic mass is 16.7. The molecule has 0 aromatic heterocycles. The van der Waals surface area contributed by atoms with Crippen LogP contribution in [0.3, 0.4) is 0 Å². The Balaban J connectivity index is 1.26. The fourth-order valence-corrected chi connectivity index (χ4v) is 3.95. The number of rotatable bonds is 6. The van der Waals surface area contributed by atoms with E-state index in [4.69, 9.17) is 19.5 Å². The lowest BCUT2D eigenvalue weighted by atomic mass is 9.90. The molecule has 0 radical (unpaired) electrons. The molecule has 1 spiro atoms. The van der Waals surface area contributed by atoms with Crippen LogP contribution in [-0.2, 0) is 22.6 Å². The lowest BCUT2D eigenvalue weighted by Gasteiger charge is -2.35. The molecule has 1 aliphatic carbocycles. The number of nitrogens with one attached hydrogen (secondary N) is 1. The van der Waals surface area contributed by atoms with Gasteiger partial charge in [0.25, 0.3) is 0 Å². The first-order valence-corrected chi connectivity index (χ1v) is 9.97. The van der Waals surface area contributed by atoms with Crippen molar-refractivity contribution < 1.29 is 14.2 Å². The minimum absolute atomic E-state index is 0.297. The molecular weight excluding hydrogens is 352 g/mol. The second kappa shape index (κ2) is 8.74. The maximum atomic E-state index is 9.00. The molecule has 0 bridgehead atoms. The lowest BCUT2D eigenvalue weighted by molar-refractivity contribution is -0.179. The standard InChI is InChI=1S/C23H26N2O3/c24-15-18-3-1-5-20(13-18)17-26-22-6-2-4-19(14-22)16-25-21-7-9-23(10-8-21)27-11-12-28-23/h1-6,13-14,21,25H,7-12,16-17H2. The predicted molar refractivity (Wildman–Crippen MR) is 106 cm³/mol. The summed E-state index contributed by atoms with van der Waals surface area (Å²) in [7, 11) is 0. The van der Waals surface area contributed by atoms with E-state index < -0.39 is 0 Å². The summed E-state index contributed by atoms with van der Waals surface area (Å²) in [5, 5.41) is 12.7. The number of benzene rings is 2. The molecule has 1 saturated heterocycles. The number of nitriles is 1. The monoisotopic (exact) mass is 378 g/mol. The minimum atomic E-state index is -0.297. The summed E-state index contributed by atoms with van der Waals surface area (Å²) in [6.45, 7) is 2.73. The average molecular weight is 378 g/mol. The van der Waals surface area contributed by atoms with E-state index in [9.17, 15) is 0 Å². The lowest BCUT2D eigenvalue weighted by Crippen LogP contribution is -2.41. The second-order valence-electron chi connectivity index (χ2n) is 7.51. The van der Waals surface area contributed by atoms with Crippen molar-refractivity contribution in [3.63, 3.8) is 0 Å². The van der Waals surface area contributed by atoms with Gasteiger partial charge >= 0.3 is 0 Å². The van der Waals surface area contributed by atoms with Crippen LogP contribution in [0.1, 0.15) is 42.4 Å². The fraction of sp³-hybridized carbons (Fsp3) is 0.435. The third kappa shape index (κ3) is 4.71. The Morgan fingerprint density at radius 3 is 2.57 bits per heavy atom. The van der Waals surface area contributed by atoms with Gasteiger partial charge in [0.1, 0.15) is 12.4 Å². The fourth-order valence-electron chi connectivity index (χ4n) is 3.95. The molecule has 1 aliphatic heterocycles. The van der Waals surface area contributed by atoms with Gasteiger partial charge in [0.15, 0.2) is 5.79 Å². The van der Waals surface area contributed by atoms with Gasteiger partial charge in [0.05, 0.1) is 24.8 Å². The topological polar surface area (TPSA) is 63.5 Å². The SMILES string of the molecule is N#Cc1cccc(COc2cccc(CNC3CCC4(CC3)OCCO4)c2)c1. The summed E-state index contributed by atoms with van der Waals surface area (Å²) in [5.74, 6) is 0.548. The number of ether oxygens (including phenoxy) is 3. The van der Waals surface area contributed by atoms with Crippen molar-refractivity contribution in [1.29, 1.82) is 5.26 Å². The van der Waals surface area contributed by atoms with Gasteiger partial charge in [0.2, 0.25) is 0 Å². The van der Waals surface area contributed by atoms with E-state index in [1.165, 1.54) is 5.56 Å². The van der Waals surface area contributed by atoms with Crippen molar-refractivity contribution in [3.05, 3.63) is 65.2 Å². The summed E-state index contributed by atoms with van der Waals surface area (Å²) in [5.41, 5.74) is 2.86. The molecule has 146 valence electrons. The maximum Gasteiger partial charge on any atom is 0.168 e. The molecule has 2 aromatic carbocycles. The highest BCUT2D eigenvalue weighted by Gasteiger charge is 2.40. The normalized spacial score (nSPS) is 18.8. The predicted octanol–water partition coefficient (Wildman–Crippen LogP) is 3.91. The zero-order valence-electron chi connectivity index (χ0n) is 16.0. The molecular formula is C23H26N2O3. The molecule has 0 unspecified atom stereocenters. The van der Waals surface area contributed by atoms with E-state index in [0.29, 0.717) is 18.2 Å². The van der Waals surface area contributed by atoms with Crippen molar-refractivity contribution in [2.45, 2.75) is 50.7 Å². The molecule has 0 amide bonds. The maximum absolute atomic E-state index is 9.00. The molecule has 1 saturated carbocycles. The molecule has 5 nitrogen and oxygen atoms in total. The van der Waals surface area contributed by atoms with Crippen molar-refractivity contribution in [1.82, 2.24) is 5.32 Å². The van der Waals surface area contributed by atoms with E-state index in [0.717, 1.165) is 56.8 Å². The van der Waals surface area contributed by atoms with Crippen LogP contribution < -0.4 is 10.1 Å². The zero-order valence-corrected chi connectivity index (χ0v) is 16.0. The Bertz CT molecular complexity index is 830. The Hall–Kier alpha value is -2.39. The van der Waals surface area contributed by atoms with Crippen molar-refractivity contribution in [2.75, 3.05) is 13.2 Å². The third-order valence-corrected chi connectivity index (χ3v) is 5.52. The Morgan fingerprint density at radius 1 is 1.04 bits per heavy atom. The van der Waals surface area contributed by atoms with Crippen LogP contribution >= 0.6 is 0 Å². The first kappa shape index (κ1) is 18.9. The molecule has 1 N–H and O–H groups in total. The van der Waals surface area contributed by atoms with Crippen molar-refractivity contribution >= 4 is 0 Å². The summed E-state index contributed by atoms with van der Waals surface area (Å²) < 4.78 is 17.5. The first-order valence-electron chi connectivity index (χ1n) is 9.97. The molecule has 1 heterocycles. The largest absolute Gasteiger partial charge is 0.489 e. The minimum Gasteiger partial charge on any atom is -0.489 e. The summed E-state index contributed by atoms with van der Waals surface area (Å²) >= 11 is 0. The van der Waals surface area contributed by atoms with Crippen LogP contribution in [0.25, 0.3) is 0 Å². The van der Waals surface area contributed by atoms with Crippen LogP contribution in [0.4, 0.5) is 0 Å². The summed E-state index contributed by atoms with van der Waals surface area (Å²) in [4.78, 5) is 0. The van der Waals surface area contributed by atoms with Gasteiger partial charge in [0, 0.05) is 25.4 Å². The van der Waals surface area contributed by atoms with E-state index >= 15 is 0 Å². The quantitative estimate of drug-likeness (QED) is 0.826. The van der Waals surface area contributed by atoms with Crippen molar-refractivity contribution in [2.24, 2.45) is 0 Å². The van der Waals surface area contributed by atoms with Gasteiger partial charge in [-0.2, -0.15) is 5.26 Å². The highest BCUT2D eigenvalue weighted by molar-refractivity contribution is 5.33. The van der Waals surface area contributed by atoms with Crippen LogP contribution in [0.2, 0.25) is 0 Å². The van der Waals surface area contributed by atoms with E-state index in [2.05, 4.69) is 23.5 Å². The van der Waals surface area contributed by atoms with Crippen LogP contribution in [0.15, 0.2) is 48.5 Å². The van der Waals surface area contributed by atoms with Crippen LogP contribution in [-0.4, -0.2) is 25.0 Å². The Kier molecular flexibility index (Phi) is 5.92. The molecule has 4 rings (SSSR count). The smallest absolute Gasteiger partial charge is 0.168 e. The highest BCUT2D eigenvalue weighted by Crippen LogP contribution is 2.35. The Morgan fingerprint density at radius 2 is 1.79 bits per heavy atom. The van der Waals surface area contributed by atoms with Gasteiger partial charge in [-0.15, -0.1) is 0 Å². The van der Waals surface area contributed by atoms with Gasteiger partial charge in [-0.3, -0.25) is 0 Å². The van der Waals surface area contributed by atoms with Crippen molar-refractivity contribution in [3.8, 4) is 11.8 Å². The van der Waals surface area contributed by atoms with Crippen LogP contribution in [0.5, 0.6) is 5.75 Å². The zero-order chi connectivity index (χ0) is 19.2. The number of nitrogens with zero attached hydrogens (tertiary/aromatic N) is 1. The molecule has 5 heteroatoms. The molecule has 2 fully saturated rings. The van der Waals surface area contributed by atoms with E-state index in [1.807, 2.05) is 30.3 Å². The molecule has 0 atom stereocenters. The molecule has 28 heavy (non-hydrogen) atoms. The first-order chi connectivity index (χ1) is 13.7. The number of hydrogen-bond donors (Lipinski definition) is 1. The molecule has 2 aliphatic rings. The summed E-state index contributed by atoms with van der Waals surface area (Å²) in [6.07, 6.45) is 4.09. The van der Waals surface area contributed by atoms with Crippen LogP contribution in [0, 0.1) is 11.3 Å². The molecule has 2 aromatic rings. The average Bonchev–Trinajstić information content (AvgIpc) is 3.20. The van der Waals surface area contributed by atoms with Gasteiger partial charge in [-0.25, -0.2) is 0 Å². The number of hydrogen-bond acceptors (Lipinski definition) is 5. The second-order valence-corrected chi connectivity index (χ2v) is 7.51. The van der Waals surface area contributed by atoms with E-state index in [-0.39, 0.29) is 5.79 Å². The van der Waals surface area contributed by atoms with E-state index in [1.54, 1.807) is 6.07 Å². The third-order valence-electron chi connectivity index (χ3n) is 5.52. The van der Waals surface area contributed by atoms with Gasteiger partial charge in [-0.05, 0) is 48.2 Å². The Labute approximate surface area is 166 Å².